The third kappa shape index (κ3) is 3.66. The Labute approximate surface area is 134 Å². The zero-order chi connectivity index (χ0) is 16.1. The molecule has 0 aliphatic heterocycles. The summed E-state index contributed by atoms with van der Waals surface area (Å²) in [6.07, 6.45) is 4.22. The van der Waals surface area contributed by atoms with E-state index in [9.17, 15) is 9.18 Å². The second-order valence-corrected chi connectivity index (χ2v) is 5.30. The van der Waals surface area contributed by atoms with E-state index in [2.05, 4.69) is 5.32 Å². The van der Waals surface area contributed by atoms with Gasteiger partial charge in [0.1, 0.15) is 11.9 Å². The zero-order valence-corrected chi connectivity index (χ0v) is 12.5. The Hall–Kier alpha value is -2.88. The average Bonchev–Trinajstić information content (AvgIpc) is 3.10. The van der Waals surface area contributed by atoms with Gasteiger partial charge in [-0.15, -0.1) is 0 Å². The van der Waals surface area contributed by atoms with Crippen LogP contribution in [0.3, 0.4) is 0 Å². The van der Waals surface area contributed by atoms with E-state index in [1.165, 1.54) is 6.07 Å². The van der Waals surface area contributed by atoms with Crippen molar-refractivity contribution in [2.24, 2.45) is 0 Å². The minimum Gasteiger partial charge on any atom is -0.342 e. The van der Waals surface area contributed by atoms with Gasteiger partial charge in [-0.1, -0.05) is 42.5 Å². The van der Waals surface area contributed by atoms with E-state index in [0.717, 1.165) is 5.56 Å². The number of nitrogens with one attached hydrogen (secondary N) is 1. The summed E-state index contributed by atoms with van der Waals surface area (Å²) in [6.45, 7) is 0. The first-order chi connectivity index (χ1) is 11.2. The molecule has 0 saturated heterocycles. The smallest absolute Gasteiger partial charge is 0.247 e. The van der Waals surface area contributed by atoms with Crippen LogP contribution in [0.15, 0.2) is 79.1 Å². The van der Waals surface area contributed by atoms with E-state index >= 15 is 0 Å². The van der Waals surface area contributed by atoms with Gasteiger partial charge in [-0.3, -0.25) is 4.79 Å². The molecule has 116 valence electrons. The van der Waals surface area contributed by atoms with Gasteiger partial charge in [-0.25, -0.2) is 4.39 Å². The molecule has 3 rings (SSSR count). The van der Waals surface area contributed by atoms with E-state index in [-0.39, 0.29) is 11.6 Å². The maximum absolute atomic E-state index is 13.8. The zero-order valence-electron chi connectivity index (χ0n) is 12.5. The van der Waals surface area contributed by atoms with Crippen molar-refractivity contribution in [2.45, 2.75) is 12.5 Å². The molecule has 0 spiro atoms. The van der Waals surface area contributed by atoms with Crippen LogP contribution in [-0.4, -0.2) is 10.5 Å². The van der Waals surface area contributed by atoms with Crippen LogP contribution in [0.5, 0.6) is 0 Å². The van der Waals surface area contributed by atoms with Gasteiger partial charge in [-0.05, 0) is 29.8 Å². The summed E-state index contributed by atoms with van der Waals surface area (Å²) in [7, 11) is 0. The molecule has 1 atom stereocenters. The summed E-state index contributed by atoms with van der Waals surface area (Å²) in [5, 5.41) is 2.68. The quantitative estimate of drug-likeness (QED) is 0.758. The van der Waals surface area contributed by atoms with Gasteiger partial charge in [0, 0.05) is 18.8 Å². The van der Waals surface area contributed by atoms with Crippen LogP contribution in [0.1, 0.15) is 11.6 Å². The Morgan fingerprint density at radius 2 is 1.61 bits per heavy atom. The first-order valence-electron chi connectivity index (χ1n) is 7.46. The van der Waals surface area contributed by atoms with Crippen LogP contribution in [0.2, 0.25) is 0 Å². The predicted molar refractivity (Wildman–Crippen MR) is 88.6 cm³/mol. The molecule has 4 heteroatoms. The van der Waals surface area contributed by atoms with Gasteiger partial charge in [0.2, 0.25) is 5.91 Å². The molecule has 0 saturated carbocycles. The number of anilines is 1. The first-order valence-corrected chi connectivity index (χ1v) is 7.46. The number of hydrogen-bond acceptors (Lipinski definition) is 1. The van der Waals surface area contributed by atoms with Crippen LogP contribution >= 0.6 is 0 Å². The van der Waals surface area contributed by atoms with Gasteiger partial charge in [0.15, 0.2) is 0 Å². The summed E-state index contributed by atoms with van der Waals surface area (Å²) in [5.74, 6) is -0.679. The molecule has 3 nitrogen and oxygen atoms in total. The third-order valence-corrected chi connectivity index (χ3v) is 3.69. The lowest BCUT2D eigenvalue weighted by Gasteiger charge is -2.19. The fraction of sp³-hybridized carbons (Fsp3) is 0.105. The number of nitrogens with zero attached hydrogens (tertiary/aromatic N) is 1. The fourth-order valence-corrected chi connectivity index (χ4v) is 2.51. The summed E-state index contributed by atoms with van der Waals surface area (Å²) in [6, 6.07) is 19.3. The number of aromatic nitrogens is 1. The molecule has 1 N–H and O–H groups in total. The van der Waals surface area contributed by atoms with Crippen LogP contribution in [-0.2, 0) is 11.2 Å². The number of amides is 1. The number of hydrogen-bond donors (Lipinski definition) is 1. The highest BCUT2D eigenvalue weighted by atomic mass is 19.1. The Balaban J connectivity index is 1.83. The largest absolute Gasteiger partial charge is 0.342 e. The maximum Gasteiger partial charge on any atom is 0.247 e. The molecule has 0 aliphatic carbocycles. The highest BCUT2D eigenvalue weighted by molar-refractivity contribution is 5.94. The number of carbonyl (C=O) groups excluding carboxylic acids is 1. The summed E-state index contributed by atoms with van der Waals surface area (Å²) in [5.41, 5.74) is 1.25. The lowest BCUT2D eigenvalue weighted by atomic mass is 10.0. The van der Waals surface area contributed by atoms with E-state index in [1.807, 2.05) is 59.4 Å². The Bertz CT molecular complexity index is 769. The number of carbonyl (C=O) groups is 1. The highest BCUT2D eigenvalue weighted by Crippen LogP contribution is 2.19. The topological polar surface area (TPSA) is 34.0 Å². The SMILES string of the molecule is O=C(Nc1ccccc1F)[C@@H](Cc1ccccc1)n1cccc1. The lowest BCUT2D eigenvalue weighted by Crippen LogP contribution is -2.27. The van der Waals surface area contributed by atoms with Crippen LogP contribution in [0, 0.1) is 5.82 Å². The fourth-order valence-electron chi connectivity index (χ4n) is 2.51. The molecule has 23 heavy (non-hydrogen) atoms. The Kier molecular flexibility index (Phi) is 4.52. The van der Waals surface area contributed by atoms with Gasteiger partial charge in [-0.2, -0.15) is 0 Å². The van der Waals surface area contributed by atoms with Crippen LogP contribution in [0.4, 0.5) is 10.1 Å². The molecule has 1 amide bonds. The normalized spacial score (nSPS) is 11.9. The van der Waals surface area contributed by atoms with Gasteiger partial charge < -0.3 is 9.88 Å². The average molecular weight is 308 g/mol. The van der Waals surface area contributed by atoms with E-state index in [4.69, 9.17) is 0 Å². The summed E-state index contributed by atoms with van der Waals surface area (Å²) >= 11 is 0. The number of rotatable bonds is 5. The first kappa shape index (κ1) is 15.0. The van der Waals surface area contributed by atoms with Crippen molar-refractivity contribution in [2.75, 3.05) is 5.32 Å². The highest BCUT2D eigenvalue weighted by Gasteiger charge is 2.21. The Morgan fingerprint density at radius 3 is 2.30 bits per heavy atom. The van der Waals surface area contributed by atoms with Crippen LogP contribution in [0.25, 0.3) is 0 Å². The van der Waals surface area contributed by atoms with Gasteiger partial charge in [0.25, 0.3) is 0 Å². The van der Waals surface area contributed by atoms with E-state index in [1.54, 1.807) is 18.2 Å². The summed E-state index contributed by atoms with van der Waals surface area (Å²) < 4.78 is 15.6. The van der Waals surface area contributed by atoms with Crippen molar-refractivity contribution in [1.82, 2.24) is 4.57 Å². The molecule has 0 unspecified atom stereocenters. The molecule has 0 fully saturated rings. The number of para-hydroxylation sites is 1. The van der Waals surface area contributed by atoms with Crippen molar-refractivity contribution in [1.29, 1.82) is 0 Å². The predicted octanol–water partition coefficient (Wildman–Crippen LogP) is 4.05. The second-order valence-electron chi connectivity index (χ2n) is 5.30. The van der Waals surface area contributed by atoms with Crippen molar-refractivity contribution in [3.8, 4) is 0 Å². The standard InChI is InChI=1S/C19H17FN2O/c20-16-10-4-5-11-17(16)21-19(23)18(22-12-6-7-13-22)14-15-8-2-1-3-9-15/h1-13,18H,14H2,(H,21,23)/t18-/m1/s1. The van der Waals surface area contributed by atoms with Gasteiger partial charge in [0.05, 0.1) is 5.69 Å². The molecular formula is C19H17FN2O. The minimum atomic E-state index is -0.438. The van der Waals surface area contributed by atoms with Crippen LogP contribution < -0.4 is 5.32 Å². The van der Waals surface area contributed by atoms with E-state index < -0.39 is 11.9 Å². The van der Waals surface area contributed by atoms with Gasteiger partial charge >= 0.3 is 0 Å². The maximum atomic E-state index is 13.8. The molecule has 0 radical (unpaired) electrons. The van der Waals surface area contributed by atoms with Crippen molar-refractivity contribution < 1.29 is 9.18 Å². The third-order valence-electron chi connectivity index (χ3n) is 3.69. The lowest BCUT2D eigenvalue weighted by molar-refractivity contribution is -0.119. The molecule has 1 heterocycles. The van der Waals surface area contributed by atoms with Crippen molar-refractivity contribution in [3.05, 3.63) is 90.5 Å². The summed E-state index contributed by atoms with van der Waals surface area (Å²) in [4.78, 5) is 12.7. The number of benzene rings is 2. The minimum absolute atomic E-state index is 0.197. The second kappa shape index (κ2) is 6.92. The molecular weight excluding hydrogens is 291 g/mol. The molecule has 1 aromatic heterocycles. The molecule has 0 bridgehead atoms. The monoisotopic (exact) mass is 308 g/mol. The van der Waals surface area contributed by atoms with Crippen molar-refractivity contribution >= 4 is 11.6 Å². The van der Waals surface area contributed by atoms with E-state index in [0.29, 0.717) is 6.42 Å². The molecule has 2 aromatic carbocycles. The molecule has 0 aliphatic rings. The molecule has 3 aromatic rings. The Morgan fingerprint density at radius 1 is 0.957 bits per heavy atom. The number of halogens is 1. The van der Waals surface area contributed by atoms with Crippen molar-refractivity contribution in [3.63, 3.8) is 0 Å².